The molecule has 0 bridgehead atoms. The molecule has 1 amide bonds. The van der Waals surface area contributed by atoms with Crippen LogP contribution in [0, 0.1) is 10.8 Å². The lowest BCUT2D eigenvalue weighted by Crippen LogP contribution is -2.48. The molecule has 1 aliphatic heterocycles. The normalized spacial score (nSPS) is 28.8. The summed E-state index contributed by atoms with van der Waals surface area (Å²) in [4.78, 5) is 15.7. The fourth-order valence-electron chi connectivity index (χ4n) is 5.75. The summed E-state index contributed by atoms with van der Waals surface area (Å²) in [5.74, 6) is 0.255. The summed E-state index contributed by atoms with van der Waals surface area (Å²) < 4.78 is 5.48. The van der Waals surface area contributed by atoms with Crippen molar-refractivity contribution in [3.05, 3.63) is 35.9 Å². The molecular weight excluding hydrogens is 326 g/mol. The Balaban J connectivity index is 1.60. The second-order valence-electron chi connectivity index (χ2n) is 8.87. The molecule has 1 aromatic carbocycles. The monoisotopic (exact) mass is 357 g/mol. The maximum Gasteiger partial charge on any atom is 0.233 e. The van der Waals surface area contributed by atoms with Gasteiger partial charge >= 0.3 is 0 Å². The first-order valence-corrected chi connectivity index (χ1v) is 10.1. The number of aliphatic hydroxyl groups excluding tert-OH is 1. The van der Waals surface area contributed by atoms with E-state index in [1.54, 1.807) is 0 Å². The Bertz CT molecular complexity index is 647. The van der Waals surface area contributed by atoms with Gasteiger partial charge in [0.15, 0.2) is 0 Å². The van der Waals surface area contributed by atoms with Crippen molar-refractivity contribution in [2.45, 2.75) is 50.4 Å². The maximum absolute atomic E-state index is 13.7. The highest BCUT2D eigenvalue weighted by Gasteiger charge is 2.72. The van der Waals surface area contributed by atoms with E-state index in [1.165, 1.54) is 31.2 Å². The number of amides is 1. The minimum Gasteiger partial charge on any atom is -0.396 e. The average molecular weight is 357 g/mol. The van der Waals surface area contributed by atoms with E-state index in [0.717, 1.165) is 19.3 Å². The molecule has 142 valence electrons. The highest BCUT2D eigenvalue weighted by Crippen LogP contribution is 2.72. The zero-order valence-corrected chi connectivity index (χ0v) is 15.9. The lowest BCUT2D eigenvalue weighted by atomic mass is 9.79. The van der Waals surface area contributed by atoms with Gasteiger partial charge in [-0.15, -0.1) is 0 Å². The van der Waals surface area contributed by atoms with E-state index in [0.29, 0.717) is 19.8 Å². The Morgan fingerprint density at radius 3 is 2.38 bits per heavy atom. The number of benzene rings is 1. The van der Waals surface area contributed by atoms with Gasteiger partial charge in [-0.1, -0.05) is 43.2 Å². The minimum atomic E-state index is -0.346. The molecule has 0 radical (unpaired) electrons. The van der Waals surface area contributed by atoms with Crippen LogP contribution in [-0.2, 0) is 14.9 Å². The topological polar surface area (TPSA) is 49.8 Å². The van der Waals surface area contributed by atoms with Crippen LogP contribution < -0.4 is 0 Å². The largest absolute Gasteiger partial charge is 0.396 e. The Morgan fingerprint density at radius 2 is 1.77 bits per heavy atom. The molecule has 4 heteroatoms. The van der Waals surface area contributed by atoms with Gasteiger partial charge in [-0.05, 0) is 43.1 Å². The predicted octanol–water partition coefficient (Wildman–Crippen LogP) is 3.14. The summed E-state index contributed by atoms with van der Waals surface area (Å²) >= 11 is 0. The van der Waals surface area contributed by atoms with Gasteiger partial charge in [0.05, 0.1) is 12.0 Å². The molecule has 0 aromatic heterocycles. The highest BCUT2D eigenvalue weighted by atomic mass is 16.5. The van der Waals surface area contributed by atoms with Crippen LogP contribution >= 0.6 is 0 Å². The zero-order chi connectivity index (χ0) is 18.3. The Labute approximate surface area is 156 Å². The molecule has 1 heterocycles. The molecule has 1 spiro atoms. The van der Waals surface area contributed by atoms with Crippen LogP contribution in [0.25, 0.3) is 0 Å². The molecule has 1 unspecified atom stereocenters. The van der Waals surface area contributed by atoms with E-state index in [9.17, 15) is 9.90 Å². The summed E-state index contributed by atoms with van der Waals surface area (Å²) in [5, 5.41) is 10.0. The first-order valence-electron chi connectivity index (χ1n) is 10.1. The van der Waals surface area contributed by atoms with Gasteiger partial charge in [0.2, 0.25) is 5.91 Å². The second kappa shape index (κ2) is 6.65. The van der Waals surface area contributed by atoms with Crippen molar-refractivity contribution < 1.29 is 14.6 Å². The standard InChI is InChI=1S/C22H31NO3/c1-23(16-20(17-24)11-13-26-14-12-20)19(25)22(18-7-3-2-4-8-18)15-21(22)9-5-6-10-21/h2-4,7-8,24H,5-6,9-17H2,1H3. The van der Waals surface area contributed by atoms with Gasteiger partial charge in [0.25, 0.3) is 0 Å². The van der Waals surface area contributed by atoms with Crippen LogP contribution in [0.2, 0.25) is 0 Å². The first-order chi connectivity index (χ1) is 12.6. The van der Waals surface area contributed by atoms with Crippen molar-refractivity contribution in [3.63, 3.8) is 0 Å². The molecule has 1 aromatic rings. The van der Waals surface area contributed by atoms with Crippen LogP contribution in [0.4, 0.5) is 0 Å². The Morgan fingerprint density at radius 1 is 1.12 bits per heavy atom. The molecule has 4 nitrogen and oxygen atoms in total. The first kappa shape index (κ1) is 18.0. The van der Waals surface area contributed by atoms with Gasteiger partial charge in [0.1, 0.15) is 0 Å². The molecule has 1 saturated heterocycles. The Hall–Kier alpha value is -1.39. The highest BCUT2D eigenvalue weighted by molar-refractivity contribution is 5.93. The van der Waals surface area contributed by atoms with E-state index < -0.39 is 0 Å². The van der Waals surface area contributed by atoms with Crippen LogP contribution in [-0.4, -0.2) is 49.3 Å². The Kier molecular flexibility index (Phi) is 4.60. The molecule has 3 aliphatic rings. The van der Waals surface area contributed by atoms with Crippen LogP contribution in [0.15, 0.2) is 30.3 Å². The van der Waals surface area contributed by atoms with Crippen molar-refractivity contribution in [1.29, 1.82) is 0 Å². The molecule has 2 saturated carbocycles. The number of ether oxygens (including phenoxy) is 1. The third kappa shape index (κ3) is 2.69. The van der Waals surface area contributed by atoms with Gasteiger partial charge < -0.3 is 14.7 Å². The maximum atomic E-state index is 13.7. The third-order valence-electron chi connectivity index (χ3n) is 7.38. The number of hydrogen-bond donors (Lipinski definition) is 1. The average Bonchev–Trinajstić information content (AvgIpc) is 3.09. The number of carbonyl (C=O) groups excluding carboxylic acids is 1. The van der Waals surface area contributed by atoms with Crippen molar-refractivity contribution in [3.8, 4) is 0 Å². The van der Waals surface area contributed by atoms with Crippen molar-refractivity contribution >= 4 is 5.91 Å². The van der Waals surface area contributed by atoms with Crippen LogP contribution in [0.1, 0.15) is 50.5 Å². The number of aliphatic hydroxyl groups is 1. The zero-order valence-electron chi connectivity index (χ0n) is 15.9. The van der Waals surface area contributed by atoms with E-state index in [-0.39, 0.29) is 28.8 Å². The van der Waals surface area contributed by atoms with Crippen molar-refractivity contribution in [2.75, 3.05) is 33.4 Å². The minimum absolute atomic E-state index is 0.122. The van der Waals surface area contributed by atoms with Crippen LogP contribution in [0.5, 0.6) is 0 Å². The molecule has 4 rings (SSSR count). The fraction of sp³-hybridized carbons (Fsp3) is 0.682. The van der Waals surface area contributed by atoms with E-state index in [4.69, 9.17) is 4.74 Å². The lowest BCUT2D eigenvalue weighted by Gasteiger charge is -2.40. The summed E-state index contributed by atoms with van der Waals surface area (Å²) in [6.45, 7) is 2.10. The summed E-state index contributed by atoms with van der Waals surface area (Å²) in [6, 6.07) is 10.4. The van der Waals surface area contributed by atoms with Gasteiger partial charge in [-0.2, -0.15) is 0 Å². The second-order valence-corrected chi connectivity index (χ2v) is 8.87. The number of nitrogens with zero attached hydrogens (tertiary/aromatic N) is 1. The van der Waals surface area contributed by atoms with Crippen molar-refractivity contribution in [2.24, 2.45) is 10.8 Å². The quantitative estimate of drug-likeness (QED) is 0.881. The smallest absolute Gasteiger partial charge is 0.233 e. The van der Waals surface area contributed by atoms with Crippen LogP contribution in [0.3, 0.4) is 0 Å². The number of rotatable bonds is 5. The molecule has 1 N–H and O–H groups in total. The van der Waals surface area contributed by atoms with Gasteiger partial charge in [0, 0.05) is 32.2 Å². The molecule has 3 fully saturated rings. The van der Waals surface area contributed by atoms with Gasteiger partial charge in [-0.3, -0.25) is 4.79 Å². The summed E-state index contributed by atoms with van der Waals surface area (Å²) in [5.41, 5.74) is 0.796. The molecule has 2 aliphatic carbocycles. The number of carbonyl (C=O) groups is 1. The SMILES string of the molecule is CN(CC1(CO)CCOCC1)C(=O)C1(c2ccccc2)CC12CCCC2. The lowest BCUT2D eigenvalue weighted by molar-refractivity contribution is -0.137. The number of hydrogen-bond acceptors (Lipinski definition) is 3. The van der Waals surface area contributed by atoms with Gasteiger partial charge in [-0.25, -0.2) is 0 Å². The predicted molar refractivity (Wildman–Crippen MR) is 101 cm³/mol. The summed E-state index contributed by atoms with van der Waals surface area (Å²) in [7, 11) is 1.93. The van der Waals surface area contributed by atoms with E-state index in [2.05, 4.69) is 24.3 Å². The van der Waals surface area contributed by atoms with E-state index in [1.807, 2.05) is 18.0 Å². The molecule has 1 atom stereocenters. The van der Waals surface area contributed by atoms with Crippen molar-refractivity contribution in [1.82, 2.24) is 4.90 Å². The fourth-order valence-corrected chi connectivity index (χ4v) is 5.75. The summed E-state index contributed by atoms with van der Waals surface area (Å²) in [6.07, 6.45) is 7.45. The molecular formula is C22H31NO3. The molecule has 26 heavy (non-hydrogen) atoms. The number of likely N-dealkylation sites (N-methyl/N-ethyl adjacent to an activating group) is 1. The van der Waals surface area contributed by atoms with E-state index >= 15 is 0 Å². The third-order valence-corrected chi connectivity index (χ3v) is 7.38.